The second-order valence-electron chi connectivity index (χ2n) is 3.82. The Labute approximate surface area is 97.7 Å². The van der Waals surface area contributed by atoms with Gasteiger partial charge >= 0.3 is 5.97 Å². The van der Waals surface area contributed by atoms with Gasteiger partial charge < -0.3 is 4.74 Å². The molecule has 0 saturated heterocycles. The Balaban J connectivity index is 2.84. The Bertz CT molecular complexity index is 659. The molecule has 0 radical (unpaired) electrons. The molecule has 0 aromatic carbocycles. The van der Waals surface area contributed by atoms with Gasteiger partial charge in [0.2, 0.25) is 0 Å². The van der Waals surface area contributed by atoms with Gasteiger partial charge in [-0.15, -0.1) is 0 Å². The van der Waals surface area contributed by atoms with Crippen LogP contribution in [0.25, 0.3) is 5.65 Å². The second kappa shape index (κ2) is 4.01. The first-order valence-electron chi connectivity index (χ1n) is 5.12. The molecule has 2 rings (SSSR count). The van der Waals surface area contributed by atoms with Gasteiger partial charge in [-0.2, -0.15) is 0 Å². The molecule has 0 amide bonds. The number of nitrogens with zero attached hydrogens (tertiary/aromatic N) is 2. The summed E-state index contributed by atoms with van der Waals surface area (Å²) in [6.45, 7) is 3.45. The van der Waals surface area contributed by atoms with Crippen LogP contribution in [-0.4, -0.2) is 22.5 Å². The maximum atomic E-state index is 12.0. The monoisotopic (exact) mass is 232 g/mol. The Morgan fingerprint density at radius 3 is 2.71 bits per heavy atom. The van der Waals surface area contributed by atoms with Crippen molar-refractivity contribution in [3.8, 4) is 0 Å². The fourth-order valence-corrected chi connectivity index (χ4v) is 1.63. The molecule has 5 nitrogen and oxygen atoms in total. The van der Waals surface area contributed by atoms with Gasteiger partial charge in [0.1, 0.15) is 5.65 Å². The number of fused-ring (bicyclic) bond motifs is 1. The third kappa shape index (κ3) is 1.80. The van der Waals surface area contributed by atoms with Gasteiger partial charge in [-0.05, 0) is 25.5 Å². The molecule has 0 N–H and O–H groups in total. The highest BCUT2D eigenvalue weighted by molar-refractivity contribution is 5.89. The SMILES string of the molecule is COC(=O)c1nc2ccc(C)cn2c(=O)c1C. The number of rotatable bonds is 1. The van der Waals surface area contributed by atoms with Crippen molar-refractivity contribution in [1.29, 1.82) is 0 Å². The fraction of sp³-hybridized carbons (Fsp3) is 0.250. The minimum atomic E-state index is -0.595. The summed E-state index contributed by atoms with van der Waals surface area (Å²) in [5.74, 6) is -0.595. The van der Waals surface area contributed by atoms with E-state index in [2.05, 4.69) is 9.72 Å². The molecule has 0 unspecified atom stereocenters. The number of hydrogen-bond acceptors (Lipinski definition) is 4. The summed E-state index contributed by atoms with van der Waals surface area (Å²) in [6.07, 6.45) is 1.69. The van der Waals surface area contributed by atoms with Crippen molar-refractivity contribution in [1.82, 2.24) is 9.38 Å². The molecule has 0 aliphatic rings. The Hall–Kier alpha value is -2.17. The topological polar surface area (TPSA) is 60.7 Å². The normalized spacial score (nSPS) is 10.5. The number of pyridine rings is 1. The number of esters is 1. The average molecular weight is 232 g/mol. The van der Waals surface area contributed by atoms with Crippen molar-refractivity contribution in [3.05, 3.63) is 45.5 Å². The highest BCUT2D eigenvalue weighted by atomic mass is 16.5. The van der Waals surface area contributed by atoms with Crippen molar-refractivity contribution in [2.45, 2.75) is 13.8 Å². The summed E-state index contributed by atoms with van der Waals surface area (Å²) in [4.78, 5) is 27.6. The summed E-state index contributed by atoms with van der Waals surface area (Å²) in [6, 6.07) is 3.53. The van der Waals surface area contributed by atoms with E-state index in [1.165, 1.54) is 11.5 Å². The Morgan fingerprint density at radius 2 is 2.06 bits per heavy atom. The van der Waals surface area contributed by atoms with Gasteiger partial charge in [-0.25, -0.2) is 9.78 Å². The highest BCUT2D eigenvalue weighted by Gasteiger charge is 2.15. The molecule has 0 bridgehead atoms. The van der Waals surface area contributed by atoms with E-state index in [9.17, 15) is 9.59 Å². The van der Waals surface area contributed by atoms with Crippen LogP contribution in [0.3, 0.4) is 0 Å². The lowest BCUT2D eigenvalue weighted by molar-refractivity contribution is 0.0593. The van der Waals surface area contributed by atoms with Gasteiger partial charge in [0.15, 0.2) is 5.69 Å². The molecule has 0 saturated carbocycles. The van der Waals surface area contributed by atoms with Crippen LogP contribution >= 0.6 is 0 Å². The largest absolute Gasteiger partial charge is 0.464 e. The maximum absolute atomic E-state index is 12.0. The van der Waals surface area contributed by atoms with E-state index < -0.39 is 5.97 Å². The molecular formula is C12H12N2O3. The molecule has 0 aliphatic heterocycles. The van der Waals surface area contributed by atoms with E-state index in [1.54, 1.807) is 19.2 Å². The van der Waals surface area contributed by atoms with Crippen LogP contribution in [0.2, 0.25) is 0 Å². The number of aromatic nitrogens is 2. The van der Waals surface area contributed by atoms with Crippen LogP contribution in [0.4, 0.5) is 0 Å². The van der Waals surface area contributed by atoms with E-state index in [1.807, 2.05) is 13.0 Å². The van der Waals surface area contributed by atoms with Crippen molar-refractivity contribution in [2.24, 2.45) is 0 Å². The van der Waals surface area contributed by atoms with Crippen LogP contribution in [0.1, 0.15) is 21.6 Å². The number of carbonyl (C=O) groups excluding carboxylic acids is 1. The fourth-order valence-electron chi connectivity index (χ4n) is 1.63. The number of ether oxygens (including phenoxy) is 1. The molecule has 88 valence electrons. The standard InChI is InChI=1S/C12H12N2O3/c1-7-4-5-9-13-10(12(16)17-3)8(2)11(15)14(9)6-7/h4-6H,1-3H3. The first-order valence-corrected chi connectivity index (χ1v) is 5.12. The predicted molar refractivity (Wildman–Crippen MR) is 62.3 cm³/mol. The lowest BCUT2D eigenvalue weighted by atomic mass is 10.2. The Morgan fingerprint density at radius 1 is 1.35 bits per heavy atom. The summed E-state index contributed by atoms with van der Waals surface area (Å²) in [5.41, 5.74) is 1.50. The summed E-state index contributed by atoms with van der Waals surface area (Å²) in [5, 5.41) is 0. The molecule has 0 spiro atoms. The van der Waals surface area contributed by atoms with E-state index >= 15 is 0 Å². The third-order valence-electron chi connectivity index (χ3n) is 2.57. The van der Waals surface area contributed by atoms with Crippen LogP contribution in [0.15, 0.2) is 23.1 Å². The zero-order chi connectivity index (χ0) is 12.6. The average Bonchev–Trinajstić information content (AvgIpc) is 2.33. The summed E-state index contributed by atoms with van der Waals surface area (Å²) < 4.78 is 6.02. The molecule has 17 heavy (non-hydrogen) atoms. The number of carbonyl (C=O) groups is 1. The number of methoxy groups -OCH3 is 1. The van der Waals surface area contributed by atoms with E-state index in [-0.39, 0.29) is 11.3 Å². The smallest absolute Gasteiger partial charge is 0.357 e. The number of aryl methyl sites for hydroxylation is 1. The maximum Gasteiger partial charge on any atom is 0.357 e. The van der Waals surface area contributed by atoms with E-state index in [0.29, 0.717) is 11.2 Å². The number of hydrogen-bond donors (Lipinski definition) is 0. The molecule has 0 atom stereocenters. The van der Waals surface area contributed by atoms with Gasteiger partial charge in [0, 0.05) is 11.8 Å². The van der Waals surface area contributed by atoms with Crippen LogP contribution in [-0.2, 0) is 4.74 Å². The molecule has 0 fully saturated rings. The van der Waals surface area contributed by atoms with Gasteiger partial charge in [-0.3, -0.25) is 9.20 Å². The quantitative estimate of drug-likeness (QED) is 0.691. The van der Waals surface area contributed by atoms with Crippen LogP contribution in [0, 0.1) is 13.8 Å². The highest BCUT2D eigenvalue weighted by Crippen LogP contribution is 2.06. The molecule has 2 heterocycles. The zero-order valence-electron chi connectivity index (χ0n) is 9.85. The first-order chi connectivity index (χ1) is 8.04. The minimum absolute atomic E-state index is 0.0707. The molecule has 5 heteroatoms. The molecule has 2 aromatic rings. The van der Waals surface area contributed by atoms with Gasteiger partial charge in [-0.1, -0.05) is 6.07 Å². The lowest BCUT2D eigenvalue weighted by Gasteiger charge is -2.06. The third-order valence-corrected chi connectivity index (χ3v) is 2.57. The first kappa shape index (κ1) is 11.3. The van der Waals surface area contributed by atoms with Gasteiger partial charge in [0.25, 0.3) is 5.56 Å². The zero-order valence-corrected chi connectivity index (χ0v) is 9.85. The van der Waals surface area contributed by atoms with Crippen molar-refractivity contribution >= 4 is 11.6 Å². The molecule has 2 aromatic heterocycles. The minimum Gasteiger partial charge on any atom is -0.464 e. The Kier molecular flexibility index (Phi) is 2.67. The van der Waals surface area contributed by atoms with Crippen molar-refractivity contribution in [2.75, 3.05) is 7.11 Å². The second-order valence-corrected chi connectivity index (χ2v) is 3.82. The van der Waals surface area contributed by atoms with Crippen LogP contribution < -0.4 is 5.56 Å². The van der Waals surface area contributed by atoms with E-state index in [0.717, 1.165) is 5.56 Å². The van der Waals surface area contributed by atoms with Crippen molar-refractivity contribution in [3.63, 3.8) is 0 Å². The summed E-state index contributed by atoms with van der Waals surface area (Å²) >= 11 is 0. The lowest BCUT2D eigenvalue weighted by Crippen LogP contribution is -2.23. The summed E-state index contributed by atoms with van der Waals surface area (Å²) in [7, 11) is 1.26. The van der Waals surface area contributed by atoms with Gasteiger partial charge in [0.05, 0.1) is 7.11 Å². The van der Waals surface area contributed by atoms with Crippen molar-refractivity contribution < 1.29 is 9.53 Å². The predicted octanol–water partition coefficient (Wildman–Crippen LogP) is 1.10. The molecular weight excluding hydrogens is 220 g/mol. The van der Waals surface area contributed by atoms with Crippen LogP contribution in [0.5, 0.6) is 0 Å². The molecule has 0 aliphatic carbocycles. The van der Waals surface area contributed by atoms with E-state index in [4.69, 9.17) is 0 Å².